The second kappa shape index (κ2) is 5.64. The topological polar surface area (TPSA) is 64.3 Å². The van der Waals surface area contributed by atoms with Gasteiger partial charge in [-0.1, -0.05) is 20.8 Å². The number of carbonyl (C=O) groups is 1. The lowest BCUT2D eigenvalue weighted by Crippen LogP contribution is -2.51. The van der Waals surface area contributed by atoms with Gasteiger partial charge in [0.1, 0.15) is 6.10 Å². The van der Waals surface area contributed by atoms with Crippen LogP contribution in [0.15, 0.2) is 0 Å². The van der Waals surface area contributed by atoms with E-state index in [1.165, 1.54) is 0 Å². The van der Waals surface area contributed by atoms with E-state index in [1.807, 2.05) is 20.8 Å². The minimum Gasteiger partial charge on any atom is -0.368 e. The molecule has 0 aromatic carbocycles. The summed E-state index contributed by atoms with van der Waals surface area (Å²) in [6, 6.07) is 0. The maximum atomic E-state index is 11.8. The van der Waals surface area contributed by atoms with Crippen molar-refractivity contribution in [2.45, 2.75) is 51.7 Å². The van der Waals surface area contributed by atoms with E-state index < -0.39 is 0 Å². The maximum absolute atomic E-state index is 11.8. The van der Waals surface area contributed by atoms with Crippen molar-refractivity contribution in [3.63, 3.8) is 0 Å². The number of nitrogens with one attached hydrogen (secondary N) is 1. The lowest BCUT2D eigenvalue weighted by Gasteiger charge is -2.27. The lowest BCUT2D eigenvalue weighted by atomic mass is 9.94. The van der Waals surface area contributed by atoms with E-state index in [4.69, 9.17) is 10.5 Å². The Kier molecular flexibility index (Phi) is 4.74. The molecule has 1 aliphatic heterocycles. The van der Waals surface area contributed by atoms with Crippen LogP contribution in [-0.4, -0.2) is 30.7 Å². The Hall–Kier alpha value is -0.610. The van der Waals surface area contributed by atoms with Gasteiger partial charge in [-0.05, 0) is 25.2 Å². The Morgan fingerprint density at radius 3 is 2.56 bits per heavy atom. The average Bonchev–Trinajstić information content (AvgIpc) is 2.72. The predicted octanol–water partition coefficient (Wildman–Crippen LogP) is 1.05. The Morgan fingerprint density at radius 1 is 1.50 bits per heavy atom. The Bertz CT molecular complexity index is 239. The number of hydrogen-bond donors (Lipinski definition) is 2. The third-order valence-corrected chi connectivity index (χ3v) is 3.67. The third-order valence-electron chi connectivity index (χ3n) is 3.67. The van der Waals surface area contributed by atoms with Gasteiger partial charge < -0.3 is 15.8 Å². The molecule has 4 heteroatoms. The molecule has 0 aliphatic carbocycles. The fraction of sp³-hybridized carbons (Fsp3) is 0.917. The zero-order valence-electron chi connectivity index (χ0n) is 10.6. The molecule has 0 bridgehead atoms. The molecule has 4 nitrogen and oxygen atoms in total. The second-order valence-corrected chi connectivity index (χ2v) is 4.84. The van der Waals surface area contributed by atoms with Crippen molar-refractivity contribution in [3.05, 3.63) is 0 Å². The molecule has 1 saturated heterocycles. The van der Waals surface area contributed by atoms with E-state index in [-0.39, 0.29) is 17.6 Å². The summed E-state index contributed by atoms with van der Waals surface area (Å²) < 4.78 is 5.41. The standard InChI is InChI=1S/C12H24N2O2/c1-4-12(13,5-2)8-14-11(15)10-9(3)6-7-16-10/h9-10H,4-8,13H2,1-3H3,(H,14,15). The number of nitrogens with two attached hydrogens (primary N) is 1. The molecule has 1 amide bonds. The number of ether oxygens (including phenoxy) is 1. The normalized spacial score (nSPS) is 25.8. The fourth-order valence-corrected chi connectivity index (χ4v) is 1.89. The molecule has 0 aromatic rings. The van der Waals surface area contributed by atoms with Crippen LogP contribution in [0, 0.1) is 5.92 Å². The molecule has 0 aromatic heterocycles. The van der Waals surface area contributed by atoms with Crippen molar-refractivity contribution in [1.29, 1.82) is 0 Å². The summed E-state index contributed by atoms with van der Waals surface area (Å²) in [5, 5.41) is 2.91. The second-order valence-electron chi connectivity index (χ2n) is 4.84. The predicted molar refractivity (Wildman–Crippen MR) is 64.0 cm³/mol. The quantitative estimate of drug-likeness (QED) is 0.739. The maximum Gasteiger partial charge on any atom is 0.249 e. The van der Waals surface area contributed by atoms with Gasteiger partial charge in [-0.3, -0.25) is 4.79 Å². The third kappa shape index (κ3) is 3.19. The van der Waals surface area contributed by atoms with Gasteiger partial charge in [0.05, 0.1) is 0 Å². The highest BCUT2D eigenvalue weighted by molar-refractivity contribution is 5.81. The molecular weight excluding hydrogens is 204 g/mol. The van der Waals surface area contributed by atoms with Crippen LogP contribution < -0.4 is 11.1 Å². The zero-order valence-corrected chi connectivity index (χ0v) is 10.6. The van der Waals surface area contributed by atoms with Crippen molar-refractivity contribution in [3.8, 4) is 0 Å². The van der Waals surface area contributed by atoms with Crippen LogP contribution in [0.3, 0.4) is 0 Å². The first kappa shape index (κ1) is 13.5. The van der Waals surface area contributed by atoms with Gasteiger partial charge in [-0.2, -0.15) is 0 Å². The summed E-state index contributed by atoms with van der Waals surface area (Å²) in [6.45, 7) is 7.36. The summed E-state index contributed by atoms with van der Waals surface area (Å²) in [5.74, 6) is 0.303. The number of rotatable bonds is 5. The van der Waals surface area contributed by atoms with Gasteiger partial charge in [0.15, 0.2) is 0 Å². The van der Waals surface area contributed by atoms with Gasteiger partial charge in [0, 0.05) is 18.7 Å². The first-order chi connectivity index (χ1) is 7.52. The van der Waals surface area contributed by atoms with Gasteiger partial charge in [-0.25, -0.2) is 0 Å². The van der Waals surface area contributed by atoms with Crippen molar-refractivity contribution in [2.24, 2.45) is 11.7 Å². The van der Waals surface area contributed by atoms with Crippen LogP contribution in [0.5, 0.6) is 0 Å². The Labute approximate surface area is 97.9 Å². The monoisotopic (exact) mass is 228 g/mol. The molecule has 94 valence electrons. The summed E-state index contributed by atoms with van der Waals surface area (Å²) in [7, 11) is 0. The molecule has 0 saturated carbocycles. The van der Waals surface area contributed by atoms with Crippen molar-refractivity contribution in [2.75, 3.05) is 13.2 Å². The van der Waals surface area contributed by atoms with Crippen molar-refractivity contribution in [1.82, 2.24) is 5.32 Å². The van der Waals surface area contributed by atoms with Crippen LogP contribution in [0.2, 0.25) is 0 Å². The summed E-state index contributed by atoms with van der Waals surface area (Å²) in [6.07, 6.45) is 2.42. The van der Waals surface area contributed by atoms with Gasteiger partial charge in [-0.15, -0.1) is 0 Å². The largest absolute Gasteiger partial charge is 0.368 e. The molecule has 2 atom stereocenters. The highest BCUT2D eigenvalue weighted by Crippen LogP contribution is 2.20. The molecule has 1 fully saturated rings. The van der Waals surface area contributed by atoms with E-state index in [2.05, 4.69) is 5.32 Å². The summed E-state index contributed by atoms with van der Waals surface area (Å²) in [5.41, 5.74) is 5.84. The van der Waals surface area contributed by atoms with Crippen molar-refractivity contribution >= 4 is 5.91 Å². The molecular formula is C12H24N2O2. The van der Waals surface area contributed by atoms with Gasteiger partial charge >= 0.3 is 0 Å². The number of amides is 1. The first-order valence-electron chi connectivity index (χ1n) is 6.20. The van der Waals surface area contributed by atoms with E-state index in [9.17, 15) is 4.79 Å². The average molecular weight is 228 g/mol. The number of hydrogen-bond acceptors (Lipinski definition) is 3. The van der Waals surface area contributed by atoms with Crippen LogP contribution in [0.25, 0.3) is 0 Å². The van der Waals surface area contributed by atoms with E-state index in [0.29, 0.717) is 19.1 Å². The molecule has 3 N–H and O–H groups in total. The zero-order chi connectivity index (χ0) is 12.2. The van der Waals surface area contributed by atoms with E-state index in [0.717, 1.165) is 19.3 Å². The first-order valence-corrected chi connectivity index (χ1v) is 6.20. The highest BCUT2D eigenvalue weighted by atomic mass is 16.5. The van der Waals surface area contributed by atoms with E-state index in [1.54, 1.807) is 0 Å². The van der Waals surface area contributed by atoms with Gasteiger partial charge in [0.2, 0.25) is 5.91 Å². The molecule has 16 heavy (non-hydrogen) atoms. The Balaban J connectivity index is 2.40. The van der Waals surface area contributed by atoms with E-state index >= 15 is 0 Å². The minimum atomic E-state index is -0.280. The fourth-order valence-electron chi connectivity index (χ4n) is 1.89. The molecule has 0 spiro atoms. The SMILES string of the molecule is CCC(N)(CC)CNC(=O)C1OCCC1C. The smallest absolute Gasteiger partial charge is 0.249 e. The minimum absolute atomic E-state index is 0.0123. The van der Waals surface area contributed by atoms with Crippen LogP contribution in [-0.2, 0) is 9.53 Å². The summed E-state index contributed by atoms with van der Waals surface area (Å²) in [4.78, 5) is 11.8. The Morgan fingerprint density at radius 2 is 2.12 bits per heavy atom. The summed E-state index contributed by atoms with van der Waals surface area (Å²) >= 11 is 0. The highest BCUT2D eigenvalue weighted by Gasteiger charge is 2.32. The molecule has 2 unspecified atom stereocenters. The number of carbonyl (C=O) groups excluding carboxylic acids is 1. The lowest BCUT2D eigenvalue weighted by molar-refractivity contribution is -0.131. The van der Waals surface area contributed by atoms with Crippen LogP contribution >= 0.6 is 0 Å². The van der Waals surface area contributed by atoms with Crippen LogP contribution in [0.4, 0.5) is 0 Å². The molecule has 1 aliphatic rings. The van der Waals surface area contributed by atoms with Crippen LogP contribution in [0.1, 0.15) is 40.0 Å². The molecule has 0 radical (unpaired) electrons. The van der Waals surface area contributed by atoms with Crippen molar-refractivity contribution < 1.29 is 9.53 Å². The van der Waals surface area contributed by atoms with Gasteiger partial charge in [0.25, 0.3) is 0 Å². The molecule has 1 rings (SSSR count). The molecule has 1 heterocycles.